The van der Waals surface area contributed by atoms with Crippen molar-refractivity contribution < 1.29 is 27.5 Å². The van der Waals surface area contributed by atoms with Crippen LogP contribution in [-0.4, -0.2) is 70.0 Å². The Labute approximate surface area is 151 Å². The first-order valence-corrected chi connectivity index (χ1v) is 9.59. The molecule has 0 unspecified atom stereocenters. The van der Waals surface area contributed by atoms with Crippen molar-refractivity contribution in [1.82, 2.24) is 9.62 Å². The molecule has 1 saturated heterocycles. The van der Waals surface area contributed by atoms with Crippen LogP contribution in [0.5, 0.6) is 0 Å². The minimum absolute atomic E-state index is 0.0876. The van der Waals surface area contributed by atoms with Crippen LogP contribution in [0.2, 0.25) is 0 Å². The second-order valence-corrected chi connectivity index (χ2v) is 7.51. The number of nitrogens with one attached hydrogen (secondary N) is 1. The molecule has 0 aliphatic carbocycles. The van der Waals surface area contributed by atoms with Gasteiger partial charge in [0.15, 0.2) is 6.61 Å². The minimum atomic E-state index is -3.67. The smallest absolute Gasteiger partial charge is 0.331 e. The van der Waals surface area contributed by atoms with E-state index in [4.69, 9.17) is 9.47 Å². The van der Waals surface area contributed by atoms with Crippen molar-refractivity contribution in [1.29, 1.82) is 0 Å². The minimum Gasteiger partial charge on any atom is -0.454 e. The number of amides is 1. The quantitative estimate of drug-likeness (QED) is 0.705. The van der Waals surface area contributed by atoms with Crippen molar-refractivity contribution >= 4 is 27.7 Å². The van der Waals surface area contributed by atoms with Crippen LogP contribution >= 0.6 is 0 Å². The number of hydrogen-bond acceptors (Lipinski definition) is 7. The summed E-state index contributed by atoms with van der Waals surface area (Å²) in [6.07, 6.45) is 0. The number of morpholine rings is 1. The van der Waals surface area contributed by atoms with Gasteiger partial charge >= 0.3 is 5.97 Å². The maximum Gasteiger partial charge on any atom is 0.331 e. The zero-order valence-electron chi connectivity index (χ0n) is 14.2. The molecule has 0 spiro atoms. The predicted octanol–water partition coefficient (Wildman–Crippen LogP) is -0.484. The largest absolute Gasteiger partial charge is 0.454 e. The average molecular weight is 381 g/mol. The van der Waals surface area contributed by atoms with E-state index in [0.29, 0.717) is 31.9 Å². The standard InChI is InChI=1S/C16H19N3O6S/c1-11(16(21)25-10-14(20)19-6-8-24-9-7-19)17-15-12-4-2-3-5-13(12)26(22,23)18-15/h2-5,11H,6-10H2,1H3,(H,17,18)/t11-/m0/s1. The molecule has 1 N–H and O–H groups in total. The number of nitrogens with zero attached hydrogens (tertiary/aromatic N) is 2. The number of fused-ring (bicyclic) bond motifs is 1. The van der Waals surface area contributed by atoms with E-state index in [1.165, 1.54) is 13.0 Å². The van der Waals surface area contributed by atoms with Crippen LogP contribution in [0.1, 0.15) is 12.5 Å². The Bertz CT molecular complexity index is 845. The molecule has 0 aromatic heterocycles. The molecule has 1 aromatic rings. The van der Waals surface area contributed by atoms with E-state index in [1.807, 2.05) is 0 Å². The van der Waals surface area contributed by atoms with Crippen LogP contribution in [-0.2, 0) is 29.1 Å². The fourth-order valence-electron chi connectivity index (χ4n) is 2.63. The molecule has 0 radical (unpaired) electrons. The van der Waals surface area contributed by atoms with Crippen molar-refractivity contribution in [2.45, 2.75) is 17.9 Å². The number of ether oxygens (including phenoxy) is 2. The number of amidine groups is 1. The van der Waals surface area contributed by atoms with Crippen molar-refractivity contribution in [2.75, 3.05) is 32.9 Å². The van der Waals surface area contributed by atoms with Gasteiger partial charge in [0.1, 0.15) is 11.9 Å². The first kappa shape index (κ1) is 18.3. The van der Waals surface area contributed by atoms with E-state index in [1.54, 1.807) is 23.1 Å². The lowest BCUT2D eigenvalue weighted by Crippen LogP contribution is -2.43. The third-order valence-corrected chi connectivity index (χ3v) is 5.43. The van der Waals surface area contributed by atoms with Gasteiger partial charge in [0.2, 0.25) is 0 Å². The topological polar surface area (TPSA) is 114 Å². The Morgan fingerprint density at radius 2 is 2.00 bits per heavy atom. The van der Waals surface area contributed by atoms with Gasteiger partial charge in [0, 0.05) is 18.7 Å². The summed E-state index contributed by atoms with van der Waals surface area (Å²) in [5, 5.41) is 0. The summed E-state index contributed by atoms with van der Waals surface area (Å²) in [5.74, 6) is -0.916. The Kier molecular flexibility index (Phi) is 5.23. The van der Waals surface area contributed by atoms with E-state index in [2.05, 4.69) is 9.71 Å². The normalized spacial score (nSPS) is 21.0. The average Bonchev–Trinajstić information content (AvgIpc) is 2.90. The van der Waals surface area contributed by atoms with E-state index in [0.717, 1.165) is 0 Å². The Hall–Kier alpha value is -2.46. The molecule has 26 heavy (non-hydrogen) atoms. The second kappa shape index (κ2) is 7.42. The number of carbonyl (C=O) groups is 2. The molecule has 2 aliphatic heterocycles. The van der Waals surface area contributed by atoms with Crippen LogP contribution in [0.25, 0.3) is 0 Å². The molecule has 1 amide bonds. The van der Waals surface area contributed by atoms with E-state index >= 15 is 0 Å². The number of carbonyl (C=O) groups excluding carboxylic acids is 2. The molecular weight excluding hydrogens is 362 g/mol. The number of benzene rings is 1. The van der Waals surface area contributed by atoms with Crippen molar-refractivity contribution in [2.24, 2.45) is 4.99 Å². The Morgan fingerprint density at radius 3 is 2.73 bits per heavy atom. The lowest BCUT2D eigenvalue weighted by molar-refractivity contribution is -0.154. The molecule has 3 rings (SSSR count). The number of hydrogen-bond donors (Lipinski definition) is 1. The Balaban J connectivity index is 1.63. The zero-order chi connectivity index (χ0) is 18.7. The summed E-state index contributed by atoms with van der Waals surface area (Å²) in [5.41, 5.74) is 0.400. The van der Waals surface area contributed by atoms with Gasteiger partial charge in [0.05, 0.1) is 18.1 Å². The monoisotopic (exact) mass is 381 g/mol. The lowest BCUT2D eigenvalue weighted by atomic mass is 10.2. The van der Waals surface area contributed by atoms with Gasteiger partial charge in [0.25, 0.3) is 15.9 Å². The summed E-state index contributed by atoms with van der Waals surface area (Å²) in [6, 6.07) is 5.39. The van der Waals surface area contributed by atoms with Gasteiger partial charge in [-0.1, -0.05) is 12.1 Å². The summed E-state index contributed by atoms with van der Waals surface area (Å²) in [7, 11) is -3.67. The van der Waals surface area contributed by atoms with Crippen LogP contribution in [0.15, 0.2) is 34.2 Å². The first-order valence-electron chi connectivity index (χ1n) is 8.10. The van der Waals surface area contributed by atoms with Crippen LogP contribution in [0.4, 0.5) is 0 Å². The number of aliphatic imine (C=N–C) groups is 1. The van der Waals surface area contributed by atoms with E-state index in [-0.39, 0.29) is 23.2 Å². The van der Waals surface area contributed by atoms with Gasteiger partial charge in [-0.15, -0.1) is 0 Å². The third kappa shape index (κ3) is 3.86. The molecular formula is C16H19N3O6S. The second-order valence-electron chi connectivity index (χ2n) is 5.86. The van der Waals surface area contributed by atoms with Crippen LogP contribution < -0.4 is 4.72 Å². The first-order chi connectivity index (χ1) is 12.4. The third-order valence-electron chi connectivity index (χ3n) is 4.03. The van der Waals surface area contributed by atoms with Crippen molar-refractivity contribution in [3.05, 3.63) is 29.8 Å². The molecule has 1 aromatic carbocycles. The lowest BCUT2D eigenvalue weighted by Gasteiger charge is -2.26. The SMILES string of the molecule is C[C@H](N=C1NS(=O)(=O)c2ccccc21)C(=O)OCC(=O)N1CCOCC1. The summed E-state index contributed by atoms with van der Waals surface area (Å²) < 4.78 is 36.6. The molecule has 1 atom stereocenters. The maximum absolute atomic E-state index is 12.1. The number of esters is 1. The van der Waals surface area contributed by atoms with Gasteiger partial charge in [-0.3, -0.25) is 14.5 Å². The molecule has 0 bridgehead atoms. The number of sulfonamides is 1. The van der Waals surface area contributed by atoms with Crippen LogP contribution in [0.3, 0.4) is 0 Å². The summed E-state index contributed by atoms with van der Waals surface area (Å²) in [4.78, 5) is 29.9. The summed E-state index contributed by atoms with van der Waals surface area (Å²) in [6.45, 7) is 2.95. The number of rotatable bonds is 4. The van der Waals surface area contributed by atoms with E-state index in [9.17, 15) is 18.0 Å². The highest BCUT2D eigenvalue weighted by Crippen LogP contribution is 2.22. The molecule has 9 nitrogen and oxygen atoms in total. The van der Waals surface area contributed by atoms with Gasteiger partial charge in [-0.25, -0.2) is 13.2 Å². The maximum atomic E-state index is 12.1. The predicted molar refractivity (Wildman–Crippen MR) is 91.1 cm³/mol. The molecule has 0 saturated carbocycles. The van der Waals surface area contributed by atoms with Crippen molar-refractivity contribution in [3.8, 4) is 0 Å². The van der Waals surface area contributed by atoms with Gasteiger partial charge in [-0.05, 0) is 19.1 Å². The van der Waals surface area contributed by atoms with Crippen molar-refractivity contribution in [3.63, 3.8) is 0 Å². The van der Waals surface area contributed by atoms with Gasteiger partial charge < -0.3 is 14.4 Å². The fraction of sp³-hybridized carbons (Fsp3) is 0.438. The molecule has 1 fully saturated rings. The highest BCUT2D eigenvalue weighted by Gasteiger charge is 2.31. The molecule has 140 valence electrons. The summed E-state index contributed by atoms with van der Waals surface area (Å²) >= 11 is 0. The molecule has 2 heterocycles. The highest BCUT2D eigenvalue weighted by atomic mass is 32.2. The Morgan fingerprint density at radius 1 is 1.31 bits per heavy atom. The molecule has 10 heteroatoms. The van der Waals surface area contributed by atoms with Crippen LogP contribution in [0, 0.1) is 0 Å². The van der Waals surface area contributed by atoms with E-state index < -0.39 is 22.0 Å². The molecule has 2 aliphatic rings. The fourth-order valence-corrected chi connectivity index (χ4v) is 3.87. The van der Waals surface area contributed by atoms with Gasteiger partial charge in [-0.2, -0.15) is 0 Å². The zero-order valence-corrected chi connectivity index (χ0v) is 15.0. The highest BCUT2D eigenvalue weighted by molar-refractivity contribution is 7.90.